The quantitative estimate of drug-likeness (QED) is 0.676. The molecule has 7 heteroatoms. The average molecular weight is 483 g/mol. The number of nitrogens with one attached hydrogen (secondary N) is 1. The smallest absolute Gasteiger partial charge is 0.252 e. The molecule has 1 amide bonds. The molecule has 27 heavy (non-hydrogen) atoms. The summed E-state index contributed by atoms with van der Waals surface area (Å²) in [5.41, 5.74) is 1.18. The van der Waals surface area contributed by atoms with E-state index in [9.17, 15) is 9.18 Å². The van der Waals surface area contributed by atoms with Crippen molar-refractivity contribution in [3.63, 3.8) is 0 Å². The highest BCUT2D eigenvalue weighted by atomic mass is 127. The van der Waals surface area contributed by atoms with Gasteiger partial charge in [0.05, 0.1) is 5.56 Å². The molecule has 5 nitrogen and oxygen atoms in total. The normalized spacial score (nSPS) is 17.6. The Bertz CT molecular complexity index is 867. The molecule has 1 saturated heterocycles. The largest absolute Gasteiger partial charge is 0.454 e. The van der Waals surface area contributed by atoms with Crippen LogP contribution in [0.4, 0.5) is 4.39 Å². The molecule has 1 N–H and O–H groups in total. The molecule has 0 aliphatic carbocycles. The predicted octanol–water partition coefficient (Wildman–Crippen LogP) is 3.64. The molecule has 0 aromatic heterocycles. The molecule has 2 aromatic carbocycles. The number of halogens is 2. The van der Waals surface area contributed by atoms with Crippen LogP contribution in [0.3, 0.4) is 0 Å². The highest BCUT2D eigenvalue weighted by molar-refractivity contribution is 14.1. The van der Waals surface area contributed by atoms with Gasteiger partial charge in [-0.05, 0) is 71.3 Å². The molecule has 0 atom stereocenters. The summed E-state index contributed by atoms with van der Waals surface area (Å²) in [7, 11) is 0. The zero-order valence-corrected chi connectivity index (χ0v) is 16.8. The van der Waals surface area contributed by atoms with E-state index in [1.165, 1.54) is 12.1 Å². The van der Waals surface area contributed by atoms with E-state index in [-0.39, 0.29) is 18.1 Å². The van der Waals surface area contributed by atoms with Crippen molar-refractivity contribution < 1.29 is 23.4 Å². The molecule has 0 saturated carbocycles. The Balaban J connectivity index is 1.57. The van der Waals surface area contributed by atoms with Gasteiger partial charge >= 0.3 is 0 Å². The lowest BCUT2D eigenvalue weighted by molar-refractivity contribution is 0.0486. The van der Waals surface area contributed by atoms with Crippen molar-refractivity contribution in [3.05, 3.63) is 56.9 Å². The monoisotopic (exact) mass is 483 g/mol. The highest BCUT2D eigenvalue weighted by Gasteiger charge is 2.36. The Labute approximate surface area is 170 Å². The third-order valence-electron chi connectivity index (χ3n) is 5.20. The van der Waals surface area contributed by atoms with E-state index in [4.69, 9.17) is 14.2 Å². The van der Waals surface area contributed by atoms with Crippen LogP contribution in [0.1, 0.15) is 28.8 Å². The van der Waals surface area contributed by atoms with Crippen LogP contribution in [0.15, 0.2) is 36.4 Å². The maximum absolute atomic E-state index is 13.5. The van der Waals surface area contributed by atoms with Gasteiger partial charge in [-0.2, -0.15) is 0 Å². The third kappa shape index (κ3) is 3.75. The standard InChI is InChI=1S/C20H19FINO4/c21-14-2-3-16(22)15(10-14)19(24)23-11-20(5-7-25-8-6-20)13-1-4-17-18(9-13)27-12-26-17/h1-4,9-10H,5-8,11-12H2,(H,23,24). The second-order valence-electron chi connectivity index (χ2n) is 6.77. The molecule has 2 heterocycles. The molecule has 0 bridgehead atoms. The van der Waals surface area contributed by atoms with E-state index in [2.05, 4.69) is 5.32 Å². The summed E-state index contributed by atoms with van der Waals surface area (Å²) >= 11 is 2.04. The lowest BCUT2D eigenvalue weighted by Crippen LogP contribution is -2.44. The van der Waals surface area contributed by atoms with Gasteiger partial charge in [-0.3, -0.25) is 4.79 Å². The molecule has 2 aliphatic heterocycles. The minimum absolute atomic E-state index is 0.226. The van der Waals surface area contributed by atoms with E-state index < -0.39 is 5.82 Å². The number of hydrogen-bond acceptors (Lipinski definition) is 4. The lowest BCUT2D eigenvalue weighted by atomic mass is 9.74. The first-order chi connectivity index (χ1) is 13.1. The van der Waals surface area contributed by atoms with Crippen LogP contribution in [-0.4, -0.2) is 32.5 Å². The molecule has 1 fully saturated rings. The second-order valence-corrected chi connectivity index (χ2v) is 7.93. The van der Waals surface area contributed by atoms with Crippen LogP contribution >= 0.6 is 22.6 Å². The van der Waals surface area contributed by atoms with Crippen molar-refractivity contribution in [2.75, 3.05) is 26.6 Å². The number of benzene rings is 2. The summed E-state index contributed by atoms with van der Waals surface area (Å²) in [4.78, 5) is 12.7. The van der Waals surface area contributed by atoms with Crippen LogP contribution in [0, 0.1) is 9.39 Å². The minimum Gasteiger partial charge on any atom is -0.454 e. The highest BCUT2D eigenvalue weighted by Crippen LogP contribution is 2.40. The van der Waals surface area contributed by atoms with Crippen LogP contribution in [0.25, 0.3) is 0 Å². The SMILES string of the molecule is O=C(NCC1(c2ccc3c(c2)OCO3)CCOCC1)c1cc(F)ccc1I. The summed E-state index contributed by atoms with van der Waals surface area (Å²) in [5.74, 6) is 0.770. The zero-order valence-electron chi connectivity index (χ0n) is 14.6. The molecule has 2 aromatic rings. The molecule has 0 spiro atoms. The van der Waals surface area contributed by atoms with Gasteiger partial charge in [-0.15, -0.1) is 0 Å². The van der Waals surface area contributed by atoms with Crippen LogP contribution in [0.2, 0.25) is 0 Å². The van der Waals surface area contributed by atoms with Crippen molar-refractivity contribution in [2.24, 2.45) is 0 Å². The predicted molar refractivity (Wildman–Crippen MR) is 106 cm³/mol. The van der Waals surface area contributed by atoms with E-state index in [0.29, 0.717) is 25.3 Å². The fraction of sp³-hybridized carbons (Fsp3) is 0.350. The van der Waals surface area contributed by atoms with Gasteiger partial charge in [0.15, 0.2) is 11.5 Å². The molecule has 2 aliphatic rings. The Morgan fingerprint density at radius 3 is 2.70 bits per heavy atom. The Morgan fingerprint density at radius 2 is 1.89 bits per heavy atom. The van der Waals surface area contributed by atoms with Crippen LogP contribution in [0.5, 0.6) is 11.5 Å². The van der Waals surface area contributed by atoms with Crippen LogP contribution in [-0.2, 0) is 10.2 Å². The van der Waals surface area contributed by atoms with Crippen molar-refractivity contribution in [3.8, 4) is 11.5 Å². The Hall–Kier alpha value is -1.87. The number of hydrogen-bond donors (Lipinski definition) is 1. The molecule has 0 unspecified atom stereocenters. The Morgan fingerprint density at radius 1 is 1.11 bits per heavy atom. The zero-order chi connectivity index (χ0) is 18.9. The number of carbonyl (C=O) groups is 1. The summed E-state index contributed by atoms with van der Waals surface area (Å²) in [5, 5.41) is 3.01. The van der Waals surface area contributed by atoms with Gasteiger partial charge in [-0.25, -0.2) is 4.39 Å². The summed E-state index contributed by atoms with van der Waals surface area (Å²) < 4.78 is 30.7. The first-order valence-corrected chi connectivity index (χ1v) is 9.86. The molecular weight excluding hydrogens is 464 g/mol. The van der Waals surface area contributed by atoms with Crippen molar-refractivity contribution >= 4 is 28.5 Å². The fourth-order valence-corrected chi connectivity index (χ4v) is 4.15. The van der Waals surface area contributed by atoms with Crippen molar-refractivity contribution in [1.82, 2.24) is 5.32 Å². The number of amides is 1. The Kier molecular flexibility index (Phi) is 5.23. The van der Waals surface area contributed by atoms with E-state index in [1.807, 2.05) is 40.8 Å². The van der Waals surface area contributed by atoms with Crippen molar-refractivity contribution in [2.45, 2.75) is 18.3 Å². The van der Waals surface area contributed by atoms with Gasteiger partial charge in [0, 0.05) is 28.7 Å². The second kappa shape index (κ2) is 7.63. The third-order valence-corrected chi connectivity index (χ3v) is 6.14. The maximum atomic E-state index is 13.5. The van der Waals surface area contributed by atoms with Crippen molar-refractivity contribution in [1.29, 1.82) is 0 Å². The number of rotatable bonds is 4. The first-order valence-electron chi connectivity index (χ1n) is 8.79. The summed E-state index contributed by atoms with van der Waals surface area (Å²) in [6.07, 6.45) is 1.57. The number of fused-ring (bicyclic) bond motifs is 1. The van der Waals surface area contributed by atoms with Gasteiger partial charge in [0.25, 0.3) is 5.91 Å². The van der Waals surface area contributed by atoms with Crippen LogP contribution < -0.4 is 14.8 Å². The molecule has 142 valence electrons. The van der Waals surface area contributed by atoms with E-state index in [0.717, 1.165) is 33.5 Å². The van der Waals surface area contributed by atoms with Gasteiger partial charge in [0.2, 0.25) is 6.79 Å². The van der Waals surface area contributed by atoms with E-state index >= 15 is 0 Å². The average Bonchev–Trinajstić information content (AvgIpc) is 3.16. The summed E-state index contributed by atoms with van der Waals surface area (Å²) in [6.45, 7) is 1.93. The molecule has 4 rings (SSSR count). The molecule has 0 radical (unpaired) electrons. The fourth-order valence-electron chi connectivity index (χ4n) is 3.57. The minimum atomic E-state index is -0.419. The maximum Gasteiger partial charge on any atom is 0.252 e. The van der Waals surface area contributed by atoms with Gasteiger partial charge < -0.3 is 19.5 Å². The van der Waals surface area contributed by atoms with Gasteiger partial charge in [-0.1, -0.05) is 6.07 Å². The summed E-state index contributed by atoms with van der Waals surface area (Å²) in [6, 6.07) is 10.2. The molecular formula is C20H19FINO4. The van der Waals surface area contributed by atoms with Gasteiger partial charge in [0.1, 0.15) is 5.82 Å². The van der Waals surface area contributed by atoms with E-state index in [1.54, 1.807) is 6.07 Å². The topological polar surface area (TPSA) is 56.8 Å². The number of ether oxygens (including phenoxy) is 3. The number of carbonyl (C=O) groups excluding carboxylic acids is 1. The lowest BCUT2D eigenvalue weighted by Gasteiger charge is -2.38. The first kappa shape index (κ1) is 18.5.